The summed E-state index contributed by atoms with van der Waals surface area (Å²) in [6.45, 7) is 8.82. The molecule has 1 aliphatic rings. The zero-order chi connectivity index (χ0) is 35.0. The number of aryl methyl sites for hydroxylation is 1. The predicted molar refractivity (Wildman–Crippen MR) is 189 cm³/mol. The molecule has 5 heteroatoms. The lowest BCUT2D eigenvalue weighted by molar-refractivity contribution is -0.697. The van der Waals surface area contributed by atoms with Crippen LogP contribution in [0.5, 0.6) is 11.5 Å². The van der Waals surface area contributed by atoms with E-state index < -0.39 is 12.8 Å². The number of unbranched alkanes of at least 4 members (excludes halogenated alkanes) is 16. The largest absolute Gasteiger partial charge is 1.00 e. The second kappa shape index (κ2) is 21.7. The molecule has 2 heterocycles. The van der Waals surface area contributed by atoms with Crippen molar-refractivity contribution in [1.29, 1.82) is 0 Å². The summed E-state index contributed by atoms with van der Waals surface area (Å²) < 4.78 is 40.1. The van der Waals surface area contributed by atoms with Crippen molar-refractivity contribution in [1.82, 2.24) is 0 Å². The first-order valence-electron chi connectivity index (χ1n) is 20.1. The van der Waals surface area contributed by atoms with Gasteiger partial charge in [-0.15, -0.1) is 0 Å². The Balaban J connectivity index is 0.00000833. The SMILES string of the molecule is [3H]C([3H])([3H])c1c2c(c(C)c(C)c1OC(=O)c1ccc[n+](CCCCCC)c1)OC(C)(CCCCCCCCCCCCCCCC)CC2.[Cl-]. The number of carbonyl (C=O) groups is 1. The minimum Gasteiger partial charge on any atom is -1.00 e. The number of carbonyl (C=O) groups excluding carboxylic acids is 1. The quantitative estimate of drug-likeness (QED) is 0.0549. The van der Waals surface area contributed by atoms with Crippen molar-refractivity contribution < 1.29 is 35.4 Å². The van der Waals surface area contributed by atoms with Crippen LogP contribution >= 0.6 is 0 Å². The average molecular weight is 662 g/mol. The molecule has 0 aliphatic carbocycles. The van der Waals surface area contributed by atoms with Crippen molar-refractivity contribution in [2.24, 2.45) is 0 Å². The Bertz CT molecular complexity index is 1280. The van der Waals surface area contributed by atoms with Crippen LogP contribution in [-0.2, 0) is 13.0 Å². The summed E-state index contributed by atoms with van der Waals surface area (Å²) in [5.74, 6) is 0.293. The normalized spacial score (nSPS) is 16.8. The Morgan fingerprint density at radius 2 is 1.41 bits per heavy atom. The maximum absolute atomic E-state index is 13.4. The lowest BCUT2D eigenvalue weighted by atomic mass is 9.84. The van der Waals surface area contributed by atoms with Crippen molar-refractivity contribution in [2.45, 2.75) is 188 Å². The number of hydrogen-bond acceptors (Lipinski definition) is 3. The lowest BCUT2D eigenvalue weighted by Crippen LogP contribution is -3.00. The van der Waals surface area contributed by atoms with Gasteiger partial charge in [-0.1, -0.05) is 110 Å². The Labute approximate surface area is 293 Å². The average Bonchev–Trinajstić information content (AvgIpc) is 3.05. The minimum absolute atomic E-state index is 0. The third-order valence-corrected chi connectivity index (χ3v) is 9.92. The van der Waals surface area contributed by atoms with Crippen molar-refractivity contribution in [2.75, 3.05) is 0 Å². The molecule has 4 nitrogen and oxygen atoms in total. The van der Waals surface area contributed by atoms with E-state index in [-0.39, 0.29) is 29.3 Å². The number of aromatic nitrogens is 1. The lowest BCUT2D eigenvalue weighted by Gasteiger charge is -2.38. The molecule has 1 unspecified atom stereocenters. The van der Waals surface area contributed by atoms with Crippen LogP contribution in [0.1, 0.15) is 186 Å². The van der Waals surface area contributed by atoms with Gasteiger partial charge in [0.1, 0.15) is 29.2 Å². The molecule has 1 atom stereocenters. The highest BCUT2D eigenvalue weighted by atomic mass is 35.5. The Morgan fingerprint density at radius 1 is 0.848 bits per heavy atom. The Kier molecular flexibility index (Phi) is 16.7. The van der Waals surface area contributed by atoms with Gasteiger partial charge >= 0.3 is 5.97 Å². The summed E-state index contributed by atoms with van der Waals surface area (Å²) in [5.41, 5.74) is 2.37. The van der Waals surface area contributed by atoms with Crippen molar-refractivity contribution >= 4 is 5.97 Å². The first-order valence-corrected chi connectivity index (χ1v) is 18.6. The van der Waals surface area contributed by atoms with Gasteiger partial charge in [0.2, 0.25) is 0 Å². The van der Waals surface area contributed by atoms with Crippen LogP contribution in [0.3, 0.4) is 0 Å². The minimum atomic E-state index is -2.44. The molecule has 2 aromatic rings. The zero-order valence-electron chi connectivity index (χ0n) is 32.9. The van der Waals surface area contributed by atoms with Crippen molar-refractivity contribution in [3.63, 3.8) is 0 Å². The molecule has 0 saturated heterocycles. The van der Waals surface area contributed by atoms with Crippen LogP contribution in [0.4, 0.5) is 0 Å². The molecule has 0 spiro atoms. The molecule has 0 N–H and O–H groups in total. The first kappa shape index (κ1) is 35.2. The van der Waals surface area contributed by atoms with Crippen LogP contribution < -0.4 is 26.4 Å². The molecule has 0 radical (unpaired) electrons. The first-order chi connectivity index (χ1) is 23.0. The highest BCUT2D eigenvalue weighted by Gasteiger charge is 2.34. The van der Waals surface area contributed by atoms with Crippen LogP contribution in [0.2, 0.25) is 0 Å². The number of hydrogen-bond donors (Lipinski definition) is 0. The summed E-state index contributed by atoms with van der Waals surface area (Å²) in [6, 6.07) is 3.57. The zero-order valence-corrected chi connectivity index (χ0v) is 30.7. The fraction of sp³-hybridized carbons (Fsp3) is 0.707. The van der Waals surface area contributed by atoms with E-state index in [0.717, 1.165) is 44.2 Å². The highest BCUT2D eigenvalue weighted by Crippen LogP contribution is 2.45. The van der Waals surface area contributed by atoms with E-state index in [1.165, 1.54) is 96.3 Å². The fourth-order valence-electron chi connectivity index (χ4n) is 6.72. The molecule has 260 valence electrons. The number of nitrogens with zero attached hydrogens (tertiary/aromatic N) is 1. The molecule has 1 aromatic carbocycles. The van der Waals surface area contributed by atoms with Crippen LogP contribution in [0, 0.1) is 20.7 Å². The van der Waals surface area contributed by atoms with Crippen LogP contribution in [0.25, 0.3) is 0 Å². The molecular formula is C41H66ClNO3. The molecule has 1 aromatic heterocycles. The van der Waals surface area contributed by atoms with E-state index in [1.54, 1.807) is 12.3 Å². The van der Waals surface area contributed by atoms with Gasteiger partial charge in [-0.25, -0.2) is 9.36 Å². The van der Waals surface area contributed by atoms with Crippen molar-refractivity contribution in [3.05, 3.63) is 52.3 Å². The van der Waals surface area contributed by atoms with Gasteiger partial charge in [-0.3, -0.25) is 0 Å². The fourth-order valence-corrected chi connectivity index (χ4v) is 6.72. The third kappa shape index (κ3) is 12.9. The summed E-state index contributed by atoms with van der Waals surface area (Å²) in [4.78, 5) is 13.4. The number of ether oxygens (including phenoxy) is 2. The van der Waals surface area contributed by atoms with Gasteiger partial charge in [0.25, 0.3) is 0 Å². The topological polar surface area (TPSA) is 39.4 Å². The number of fused-ring (bicyclic) bond motifs is 1. The molecule has 1 aliphatic heterocycles. The number of benzene rings is 1. The van der Waals surface area contributed by atoms with Gasteiger partial charge in [-0.05, 0) is 82.5 Å². The van der Waals surface area contributed by atoms with Gasteiger partial charge < -0.3 is 21.9 Å². The molecular weight excluding hydrogens is 590 g/mol. The maximum atomic E-state index is 13.4. The molecule has 46 heavy (non-hydrogen) atoms. The summed E-state index contributed by atoms with van der Waals surface area (Å²) >= 11 is 0. The van der Waals surface area contributed by atoms with E-state index in [0.29, 0.717) is 28.9 Å². The smallest absolute Gasteiger partial charge is 0.349 e. The maximum Gasteiger partial charge on any atom is 0.349 e. The number of rotatable bonds is 22. The van der Waals surface area contributed by atoms with Gasteiger partial charge in [0.05, 0.1) is 0 Å². The Morgan fingerprint density at radius 3 is 2.00 bits per heavy atom. The van der Waals surface area contributed by atoms with Gasteiger partial charge in [-0.2, -0.15) is 0 Å². The highest BCUT2D eigenvalue weighted by molar-refractivity contribution is 5.91. The summed E-state index contributed by atoms with van der Waals surface area (Å²) in [5, 5.41) is 0. The molecule has 0 fully saturated rings. The molecule has 0 bridgehead atoms. The standard InChI is InChI=1S/C41H66NO3.ClH/c1-7-9-11-13-14-15-16-17-18-19-20-21-22-23-28-41(6)29-27-37-35(5)38(33(3)34(4)39(37)45-41)44-40(43)36-26-25-31-42(32-36)30-24-12-10-8-2;/h25-26,31-32H,7-24,27-30H2,1-6H3;1H/q+1;/p-1/i5T3;. The van der Waals surface area contributed by atoms with Crippen LogP contribution in [-0.4, -0.2) is 11.6 Å². The molecule has 0 amide bonds. The monoisotopic (exact) mass is 661 g/mol. The van der Waals surface area contributed by atoms with Crippen molar-refractivity contribution in [3.8, 4) is 11.5 Å². The van der Waals surface area contributed by atoms with E-state index >= 15 is 0 Å². The number of pyridine rings is 1. The van der Waals surface area contributed by atoms with E-state index in [4.69, 9.17) is 13.6 Å². The third-order valence-electron chi connectivity index (χ3n) is 9.92. The Hall–Kier alpha value is -2.07. The van der Waals surface area contributed by atoms with Gasteiger partial charge in [0.15, 0.2) is 12.4 Å². The van der Waals surface area contributed by atoms with E-state index in [1.807, 2.05) is 30.7 Å². The second-order valence-electron chi connectivity index (χ2n) is 13.9. The van der Waals surface area contributed by atoms with E-state index in [9.17, 15) is 4.79 Å². The molecule has 3 rings (SSSR count). The van der Waals surface area contributed by atoms with Crippen LogP contribution in [0.15, 0.2) is 24.5 Å². The second-order valence-corrected chi connectivity index (χ2v) is 13.9. The molecule has 0 saturated carbocycles. The summed E-state index contributed by atoms with van der Waals surface area (Å²) in [6.07, 6.45) is 29.3. The predicted octanol–water partition coefficient (Wildman–Crippen LogP) is 8.66. The van der Waals surface area contributed by atoms with Gasteiger partial charge in [0, 0.05) is 22.2 Å². The number of esters is 1. The van der Waals surface area contributed by atoms with E-state index in [2.05, 4.69) is 20.8 Å². The summed E-state index contributed by atoms with van der Waals surface area (Å²) in [7, 11) is 0. The number of halogens is 1.